The van der Waals surface area contributed by atoms with Crippen LogP contribution in [0.2, 0.25) is 0 Å². The van der Waals surface area contributed by atoms with Crippen LogP contribution in [0.5, 0.6) is 0 Å². The van der Waals surface area contributed by atoms with Crippen LogP contribution in [0.3, 0.4) is 0 Å². The van der Waals surface area contributed by atoms with Gasteiger partial charge in [0, 0.05) is 78.5 Å². The summed E-state index contributed by atoms with van der Waals surface area (Å²) in [5.41, 5.74) is 6.46. The topological polar surface area (TPSA) is 93.6 Å². The van der Waals surface area contributed by atoms with E-state index < -0.39 is 0 Å². The van der Waals surface area contributed by atoms with Gasteiger partial charge in [0.15, 0.2) is 0 Å². The summed E-state index contributed by atoms with van der Waals surface area (Å²) in [6, 6.07) is 0. The van der Waals surface area contributed by atoms with Crippen LogP contribution in [0.4, 0.5) is 0 Å². The second kappa shape index (κ2) is 45.6. The fraction of sp³-hybridized carbons (Fsp3) is 0.870. The molecule has 0 N–H and O–H groups in total. The zero-order chi connectivity index (χ0) is 49.3. The molecule has 0 spiro atoms. The third-order valence-corrected chi connectivity index (χ3v) is 12.3. The Hall–Kier alpha value is 0.969. The van der Waals surface area contributed by atoms with Crippen LogP contribution in [0.1, 0.15) is 183 Å². The van der Waals surface area contributed by atoms with E-state index in [4.69, 9.17) is 49.7 Å². The van der Waals surface area contributed by atoms with Gasteiger partial charge in [-0.2, -0.15) is 30.6 Å². The molecule has 402 valence electrons. The van der Waals surface area contributed by atoms with Crippen LogP contribution in [-0.2, 0) is 37.7 Å². The average Bonchev–Trinajstić information content (AvgIpc) is 3.94. The Morgan fingerprint density at radius 2 is 0.373 bits per heavy atom. The first-order valence-electron chi connectivity index (χ1n) is 24.8. The molecular formula is C46H86Br4Cl2N12Ni2Pd. The van der Waals surface area contributed by atoms with Crippen LogP contribution in [0, 0.1) is 0 Å². The number of nitrogens with zero attached hydrogens (tertiary/aromatic N) is 12. The van der Waals surface area contributed by atoms with Gasteiger partial charge in [0.25, 0.3) is 0 Å². The van der Waals surface area contributed by atoms with Crippen molar-refractivity contribution in [3.05, 3.63) is 0 Å². The first-order chi connectivity index (χ1) is 32.5. The molecule has 6 aliphatic heterocycles. The molecule has 67 heavy (non-hydrogen) atoms. The van der Waals surface area contributed by atoms with Gasteiger partial charge in [-0.3, -0.25) is 30.1 Å². The van der Waals surface area contributed by atoms with Crippen molar-refractivity contribution in [2.45, 2.75) is 183 Å². The Balaban J connectivity index is 0.000000461. The van der Waals surface area contributed by atoms with Gasteiger partial charge in [-0.1, -0.05) is 51.4 Å². The molecule has 0 aromatic rings. The van der Waals surface area contributed by atoms with Crippen molar-refractivity contribution in [2.75, 3.05) is 78.5 Å². The summed E-state index contributed by atoms with van der Waals surface area (Å²) in [6.07, 6.45) is 28.9. The number of hydrogen-bond donors (Lipinski definition) is 0. The second-order valence-electron chi connectivity index (χ2n) is 17.7. The summed E-state index contributed by atoms with van der Waals surface area (Å²) >= 11 is 11.9. The van der Waals surface area contributed by atoms with Crippen LogP contribution in [-0.4, -0.2) is 143 Å². The standard InChI is InChI=1S/2C16H30N4.C14H26N4.4BrH.2ClH.2Ni.Pd/c2*1-15(17-19-11-7-3-4-8-12-19)16(2)18-20-13-9-5-6-10-14-20;1-13(15-17-9-5-3-6-10-17)14(2)16-18-11-7-4-8-12-18;;;;;;;;;/h2*3-14H2,1-2H3;3-12H2,1-2H3;6*1H;;;/q;;;;;;;;;3*+2/p-6. The minimum absolute atomic E-state index is 0.106. The molecule has 6 fully saturated rings. The predicted octanol–water partition coefficient (Wildman–Crippen LogP) is 14.4. The van der Waals surface area contributed by atoms with Crippen LogP contribution >= 0.6 is 76.0 Å². The molecule has 0 bridgehead atoms. The van der Waals surface area contributed by atoms with Crippen molar-refractivity contribution in [3.8, 4) is 0 Å². The molecule has 0 unspecified atom stereocenters. The fourth-order valence-corrected chi connectivity index (χ4v) is 8.28. The number of piperidine rings is 2. The number of rotatable bonds is 9. The van der Waals surface area contributed by atoms with E-state index in [0.29, 0.717) is 0 Å². The normalized spacial score (nSPS) is 21.3. The van der Waals surface area contributed by atoms with Gasteiger partial charge in [0.2, 0.25) is 0 Å². The van der Waals surface area contributed by atoms with Crippen LogP contribution in [0.15, 0.2) is 30.6 Å². The van der Waals surface area contributed by atoms with Crippen molar-refractivity contribution < 1.29 is 37.7 Å². The molecule has 6 aliphatic rings. The summed E-state index contributed by atoms with van der Waals surface area (Å²) in [4.78, 5) is 0. The molecule has 0 radical (unpaired) electrons. The molecule has 6 rings (SSSR count). The summed E-state index contributed by atoms with van der Waals surface area (Å²) in [6.45, 7) is 25.8. The molecule has 0 atom stereocenters. The SMILES string of the molecule is CC(=NN1CCCCC1)C(C)=NN1CCCCC1.CC(=NN1CCCCCC1)C(C)=NN1CCCCCC1.CC(=NN1CCCCCC1)C(C)=NN1CCCCCC1.[Br][Ni][Br].[Br][Ni][Br].[Cl][Pd][Cl]. The van der Waals surface area contributed by atoms with Crippen LogP contribution in [0.25, 0.3) is 0 Å². The fourth-order valence-electron chi connectivity index (χ4n) is 8.28. The van der Waals surface area contributed by atoms with Crippen molar-refractivity contribution in [2.24, 2.45) is 30.6 Å². The van der Waals surface area contributed by atoms with Gasteiger partial charge in [-0.05, 0) is 131 Å². The zero-order valence-corrected chi connectivity index (χ0v) is 53.0. The van der Waals surface area contributed by atoms with Gasteiger partial charge in [-0.15, -0.1) is 0 Å². The van der Waals surface area contributed by atoms with Gasteiger partial charge in [-0.25, -0.2) is 0 Å². The van der Waals surface area contributed by atoms with Crippen molar-refractivity contribution in [3.63, 3.8) is 0 Å². The van der Waals surface area contributed by atoms with E-state index in [9.17, 15) is 0 Å². The maximum atomic E-state index is 4.81. The summed E-state index contributed by atoms with van der Waals surface area (Å²) in [5, 5.41) is 41.9. The van der Waals surface area contributed by atoms with Gasteiger partial charge < -0.3 is 0 Å². The van der Waals surface area contributed by atoms with E-state index >= 15 is 0 Å². The summed E-state index contributed by atoms with van der Waals surface area (Å²) in [7, 11) is 12.1. The Bertz CT molecular complexity index is 1220. The quantitative estimate of drug-likeness (QED) is 0.169. The molecule has 6 heterocycles. The molecule has 0 aromatic carbocycles. The molecule has 21 heteroatoms. The Morgan fingerprint density at radius 3 is 0.478 bits per heavy atom. The molecule has 0 aliphatic carbocycles. The monoisotopic (exact) mass is 1410 g/mol. The minimum atomic E-state index is -0.106. The van der Waals surface area contributed by atoms with E-state index in [1.807, 2.05) is 0 Å². The first kappa shape index (κ1) is 66.0. The Labute approximate surface area is 465 Å². The molecule has 6 saturated heterocycles. The third-order valence-electron chi connectivity index (χ3n) is 12.3. The van der Waals surface area contributed by atoms with Gasteiger partial charge in [0.05, 0.1) is 34.3 Å². The van der Waals surface area contributed by atoms with E-state index in [1.54, 1.807) is 0 Å². The average molecular weight is 1420 g/mol. The van der Waals surface area contributed by atoms with Crippen LogP contribution < -0.4 is 0 Å². The van der Waals surface area contributed by atoms with E-state index in [1.165, 1.54) is 163 Å². The zero-order valence-electron chi connectivity index (χ0n) is 41.6. The summed E-state index contributed by atoms with van der Waals surface area (Å²) < 4.78 is 0. The number of halogens is 6. The maximum absolute atomic E-state index is 4.81. The van der Waals surface area contributed by atoms with Crippen molar-refractivity contribution in [1.29, 1.82) is 0 Å². The van der Waals surface area contributed by atoms with E-state index in [-0.39, 0.29) is 15.9 Å². The van der Waals surface area contributed by atoms with Crippen molar-refractivity contribution in [1.82, 2.24) is 30.1 Å². The van der Waals surface area contributed by atoms with Gasteiger partial charge in [0.1, 0.15) is 0 Å². The molecule has 12 nitrogen and oxygen atoms in total. The van der Waals surface area contributed by atoms with Crippen molar-refractivity contribution >= 4 is 110 Å². The Morgan fingerprint density at radius 1 is 0.284 bits per heavy atom. The third kappa shape index (κ3) is 35.7. The molecule has 0 aromatic heterocycles. The van der Waals surface area contributed by atoms with E-state index in [2.05, 4.69) is 128 Å². The Kier molecular flexibility index (Phi) is 44.9. The molecule has 0 saturated carbocycles. The number of hydrazone groups is 6. The van der Waals surface area contributed by atoms with Gasteiger partial charge >= 0.3 is 114 Å². The number of hydrogen-bond acceptors (Lipinski definition) is 12. The second-order valence-corrected chi connectivity index (χ2v) is 30.1. The van der Waals surface area contributed by atoms with E-state index in [0.717, 1.165) is 113 Å². The summed E-state index contributed by atoms with van der Waals surface area (Å²) in [5.74, 6) is 0. The predicted molar refractivity (Wildman–Crippen MR) is 297 cm³/mol. The molecular weight excluding hydrogens is 1330 g/mol. The first-order valence-corrected chi connectivity index (χ1v) is 38.6. The molecule has 0 amide bonds.